The highest BCUT2D eigenvalue weighted by molar-refractivity contribution is 5.94. The minimum Gasteiger partial charge on any atom is -0.484 e. The maximum absolute atomic E-state index is 12.1. The molecule has 0 spiro atoms. The number of ether oxygens (including phenoxy) is 1. The molecule has 0 saturated carbocycles. The lowest BCUT2D eigenvalue weighted by atomic mass is 10.1. The summed E-state index contributed by atoms with van der Waals surface area (Å²) in [6.07, 6.45) is 0. The van der Waals surface area contributed by atoms with E-state index in [2.05, 4.69) is 10.6 Å². The third-order valence-electron chi connectivity index (χ3n) is 4.07. The predicted octanol–water partition coefficient (Wildman–Crippen LogP) is 2.29. The van der Waals surface area contributed by atoms with Crippen LogP contribution in [0, 0.1) is 13.8 Å². The number of carbonyl (C=O) groups is 2. The van der Waals surface area contributed by atoms with Gasteiger partial charge in [0.15, 0.2) is 6.61 Å². The third kappa shape index (κ3) is 6.33. The fraction of sp³-hybridized carbons (Fsp3) is 0.333. The van der Waals surface area contributed by atoms with Gasteiger partial charge in [-0.05, 0) is 49.7 Å². The molecule has 144 valence electrons. The van der Waals surface area contributed by atoms with Gasteiger partial charge < -0.3 is 20.3 Å². The molecule has 0 fully saturated rings. The topological polar surface area (TPSA) is 70.7 Å². The first-order chi connectivity index (χ1) is 12.9. The molecule has 0 aromatic heterocycles. The van der Waals surface area contributed by atoms with Gasteiger partial charge >= 0.3 is 0 Å². The fourth-order valence-electron chi connectivity index (χ4n) is 2.55. The van der Waals surface area contributed by atoms with Crippen LogP contribution in [0.25, 0.3) is 0 Å². The van der Waals surface area contributed by atoms with Crippen LogP contribution >= 0.6 is 0 Å². The van der Waals surface area contributed by atoms with Crippen molar-refractivity contribution >= 4 is 17.5 Å². The van der Waals surface area contributed by atoms with E-state index in [1.807, 2.05) is 63.2 Å². The molecule has 6 heteroatoms. The van der Waals surface area contributed by atoms with Gasteiger partial charge in [-0.25, -0.2) is 0 Å². The van der Waals surface area contributed by atoms with Gasteiger partial charge in [0.2, 0.25) is 0 Å². The number of anilines is 1. The number of carbonyl (C=O) groups excluding carboxylic acids is 2. The van der Waals surface area contributed by atoms with E-state index in [0.717, 1.165) is 16.8 Å². The van der Waals surface area contributed by atoms with Gasteiger partial charge in [-0.15, -0.1) is 0 Å². The van der Waals surface area contributed by atoms with Gasteiger partial charge in [0.1, 0.15) is 5.75 Å². The maximum atomic E-state index is 12.1. The van der Waals surface area contributed by atoms with E-state index in [0.29, 0.717) is 24.4 Å². The number of nitrogens with zero attached hydrogens (tertiary/aromatic N) is 1. The Bertz CT molecular complexity index is 786. The van der Waals surface area contributed by atoms with Gasteiger partial charge in [0.25, 0.3) is 11.8 Å². The predicted molar refractivity (Wildman–Crippen MR) is 108 cm³/mol. The smallest absolute Gasteiger partial charge is 0.258 e. The molecule has 0 radical (unpaired) electrons. The van der Waals surface area contributed by atoms with Crippen molar-refractivity contribution in [1.29, 1.82) is 0 Å². The molecule has 0 aliphatic carbocycles. The summed E-state index contributed by atoms with van der Waals surface area (Å²) in [5.41, 5.74) is 3.76. The first-order valence-corrected chi connectivity index (χ1v) is 8.89. The Hall–Kier alpha value is -3.02. The maximum Gasteiger partial charge on any atom is 0.258 e. The van der Waals surface area contributed by atoms with E-state index >= 15 is 0 Å². The van der Waals surface area contributed by atoms with Gasteiger partial charge in [0.05, 0.1) is 0 Å². The molecule has 0 bridgehead atoms. The molecule has 0 aliphatic heterocycles. The van der Waals surface area contributed by atoms with Gasteiger partial charge in [-0.1, -0.05) is 17.7 Å². The molecule has 0 atom stereocenters. The highest BCUT2D eigenvalue weighted by Gasteiger charge is 2.07. The summed E-state index contributed by atoms with van der Waals surface area (Å²) >= 11 is 0. The first kappa shape index (κ1) is 20.3. The summed E-state index contributed by atoms with van der Waals surface area (Å²) in [5.74, 6) is 0.311. The molecule has 2 aromatic rings. The average Bonchev–Trinajstić information content (AvgIpc) is 2.64. The van der Waals surface area contributed by atoms with E-state index < -0.39 is 0 Å². The number of hydrogen-bond acceptors (Lipinski definition) is 4. The van der Waals surface area contributed by atoms with Crippen LogP contribution in [0.5, 0.6) is 5.75 Å². The molecule has 2 rings (SSSR count). The summed E-state index contributed by atoms with van der Waals surface area (Å²) in [6, 6.07) is 13.2. The standard InChI is InChI=1S/C21H27N3O3/c1-15-5-10-19(16(2)13-15)27-14-20(25)22-11-12-23-21(26)17-6-8-18(9-7-17)24(3)4/h5-10,13H,11-12,14H2,1-4H3,(H,22,25)(H,23,26). The Balaban J connectivity index is 1.68. The molecule has 0 unspecified atom stereocenters. The van der Waals surface area contributed by atoms with Crippen LogP contribution in [0.3, 0.4) is 0 Å². The van der Waals surface area contributed by atoms with Crippen LogP contribution in [0.15, 0.2) is 42.5 Å². The average molecular weight is 369 g/mol. The lowest BCUT2D eigenvalue weighted by molar-refractivity contribution is -0.123. The SMILES string of the molecule is Cc1ccc(OCC(=O)NCCNC(=O)c2ccc(N(C)C)cc2)c(C)c1. The quantitative estimate of drug-likeness (QED) is 0.701. The molecule has 0 heterocycles. The highest BCUT2D eigenvalue weighted by Crippen LogP contribution is 2.18. The molecule has 27 heavy (non-hydrogen) atoms. The van der Waals surface area contributed by atoms with Crippen molar-refractivity contribution in [3.63, 3.8) is 0 Å². The van der Waals surface area contributed by atoms with Crippen LogP contribution in [0.1, 0.15) is 21.5 Å². The third-order valence-corrected chi connectivity index (χ3v) is 4.07. The van der Waals surface area contributed by atoms with E-state index in [9.17, 15) is 9.59 Å². The van der Waals surface area contributed by atoms with Gasteiger partial charge in [-0.2, -0.15) is 0 Å². The zero-order valence-electron chi connectivity index (χ0n) is 16.3. The van der Waals surface area contributed by atoms with Crippen molar-refractivity contribution < 1.29 is 14.3 Å². The molecule has 6 nitrogen and oxygen atoms in total. The zero-order chi connectivity index (χ0) is 19.8. The molecule has 0 saturated heterocycles. The number of aryl methyl sites for hydroxylation is 2. The second-order valence-corrected chi connectivity index (χ2v) is 6.60. The highest BCUT2D eigenvalue weighted by atomic mass is 16.5. The number of rotatable bonds is 8. The lowest BCUT2D eigenvalue weighted by Crippen LogP contribution is -2.36. The van der Waals surface area contributed by atoms with Crippen molar-refractivity contribution in [3.05, 3.63) is 59.2 Å². The van der Waals surface area contributed by atoms with Crippen LogP contribution < -0.4 is 20.3 Å². The van der Waals surface area contributed by atoms with Crippen molar-refractivity contribution in [2.75, 3.05) is 38.7 Å². The van der Waals surface area contributed by atoms with E-state index in [-0.39, 0.29) is 18.4 Å². The number of nitrogens with one attached hydrogen (secondary N) is 2. The fourth-order valence-corrected chi connectivity index (χ4v) is 2.55. The molecule has 2 N–H and O–H groups in total. The monoisotopic (exact) mass is 369 g/mol. The van der Waals surface area contributed by atoms with Crippen LogP contribution in [0.4, 0.5) is 5.69 Å². The molecule has 0 aliphatic rings. The van der Waals surface area contributed by atoms with Crippen LogP contribution in [0.2, 0.25) is 0 Å². The van der Waals surface area contributed by atoms with Crippen molar-refractivity contribution in [2.24, 2.45) is 0 Å². The Morgan fingerprint density at radius 1 is 0.963 bits per heavy atom. The summed E-state index contributed by atoms with van der Waals surface area (Å²) in [6.45, 7) is 4.60. The van der Waals surface area contributed by atoms with E-state index in [1.54, 1.807) is 12.1 Å². The first-order valence-electron chi connectivity index (χ1n) is 8.89. The Morgan fingerprint density at radius 2 is 1.63 bits per heavy atom. The molecular weight excluding hydrogens is 342 g/mol. The van der Waals surface area contributed by atoms with Gasteiger partial charge in [0, 0.05) is 38.4 Å². The molecular formula is C21H27N3O3. The minimum absolute atomic E-state index is 0.0517. The molecule has 2 amide bonds. The molecule has 2 aromatic carbocycles. The van der Waals surface area contributed by atoms with Crippen LogP contribution in [-0.2, 0) is 4.79 Å². The zero-order valence-corrected chi connectivity index (χ0v) is 16.3. The minimum atomic E-state index is -0.223. The summed E-state index contributed by atoms with van der Waals surface area (Å²) in [5, 5.41) is 5.51. The van der Waals surface area contributed by atoms with E-state index in [1.165, 1.54) is 0 Å². The lowest BCUT2D eigenvalue weighted by Gasteiger charge is -2.13. The van der Waals surface area contributed by atoms with Crippen molar-refractivity contribution in [3.8, 4) is 5.75 Å². The Kier molecular flexibility index (Phi) is 7.23. The summed E-state index contributed by atoms with van der Waals surface area (Å²) < 4.78 is 5.53. The Morgan fingerprint density at radius 3 is 2.26 bits per heavy atom. The summed E-state index contributed by atoms with van der Waals surface area (Å²) in [4.78, 5) is 25.9. The normalized spacial score (nSPS) is 10.2. The number of hydrogen-bond donors (Lipinski definition) is 2. The Labute approximate surface area is 160 Å². The van der Waals surface area contributed by atoms with Crippen molar-refractivity contribution in [1.82, 2.24) is 10.6 Å². The van der Waals surface area contributed by atoms with E-state index in [4.69, 9.17) is 4.74 Å². The van der Waals surface area contributed by atoms with Gasteiger partial charge in [-0.3, -0.25) is 9.59 Å². The number of benzene rings is 2. The largest absolute Gasteiger partial charge is 0.484 e. The van der Waals surface area contributed by atoms with Crippen LogP contribution in [-0.4, -0.2) is 45.6 Å². The number of amides is 2. The second-order valence-electron chi connectivity index (χ2n) is 6.60. The second kappa shape index (κ2) is 9.62. The summed E-state index contributed by atoms with van der Waals surface area (Å²) in [7, 11) is 3.89. The van der Waals surface area contributed by atoms with Crippen molar-refractivity contribution in [2.45, 2.75) is 13.8 Å².